The highest BCUT2D eigenvalue weighted by Gasteiger charge is 2.24. The summed E-state index contributed by atoms with van der Waals surface area (Å²) in [4.78, 5) is 10.9. The Morgan fingerprint density at radius 1 is 1.64 bits per heavy atom. The molecule has 1 saturated heterocycles. The highest BCUT2D eigenvalue weighted by molar-refractivity contribution is 7.89. The van der Waals surface area contributed by atoms with Gasteiger partial charge < -0.3 is 4.74 Å². The van der Waals surface area contributed by atoms with Crippen molar-refractivity contribution in [2.24, 2.45) is 0 Å². The van der Waals surface area contributed by atoms with Crippen molar-refractivity contribution in [1.29, 1.82) is 0 Å². The number of hydrogen-bond donors (Lipinski definition) is 1. The third-order valence-corrected chi connectivity index (χ3v) is 3.36. The van der Waals surface area contributed by atoms with E-state index in [2.05, 4.69) is 9.46 Å². The summed E-state index contributed by atoms with van der Waals surface area (Å²) >= 11 is 0. The van der Waals surface area contributed by atoms with E-state index in [0.29, 0.717) is 12.0 Å². The van der Waals surface area contributed by atoms with Crippen molar-refractivity contribution in [1.82, 2.24) is 4.72 Å². The van der Waals surface area contributed by atoms with Crippen LogP contribution in [0, 0.1) is 0 Å². The third kappa shape index (κ3) is 3.12. The second-order valence-corrected chi connectivity index (χ2v) is 5.06. The Kier molecular flexibility index (Phi) is 3.28. The summed E-state index contributed by atoms with van der Waals surface area (Å²) in [6.07, 6.45) is 1.79. The minimum atomic E-state index is -3.26. The molecule has 1 aliphatic rings. The lowest BCUT2D eigenvalue weighted by molar-refractivity contribution is -0.134. The molecule has 80 valence electrons. The number of ether oxygens (including phenoxy) is 1. The fraction of sp³-hybridized carbons (Fsp3) is 0.625. The zero-order valence-corrected chi connectivity index (χ0v) is 8.93. The molecule has 1 heterocycles. The molecule has 0 aliphatic carbocycles. The standard InChI is InChI=1S/C8H13NO4S/c1-6-3-7(4-8(10)13-2)5-14(11,12)9-6/h4,6,9H,3,5H2,1-2H3/b7-4+. The van der Waals surface area contributed by atoms with E-state index in [1.807, 2.05) is 0 Å². The number of hydrogen-bond acceptors (Lipinski definition) is 4. The van der Waals surface area contributed by atoms with Crippen LogP contribution in [0.15, 0.2) is 11.6 Å². The smallest absolute Gasteiger partial charge is 0.330 e. The van der Waals surface area contributed by atoms with E-state index < -0.39 is 16.0 Å². The van der Waals surface area contributed by atoms with E-state index in [9.17, 15) is 13.2 Å². The van der Waals surface area contributed by atoms with Gasteiger partial charge in [0, 0.05) is 12.1 Å². The zero-order chi connectivity index (χ0) is 10.8. The first-order valence-electron chi connectivity index (χ1n) is 4.20. The molecule has 5 nitrogen and oxygen atoms in total. The van der Waals surface area contributed by atoms with Crippen LogP contribution in [0.1, 0.15) is 13.3 Å². The Bertz CT molecular complexity index is 358. The monoisotopic (exact) mass is 219 g/mol. The molecule has 6 heteroatoms. The summed E-state index contributed by atoms with van der Waals surface area (Å²) in [5.41, 5.74) is 0.586. The van der Waals surface area contributed by atoms with Crippen molar-refractivity contribution < 1.29 is 17.9 Å². The minimum absolute atomic E-state index is 0.119. The van der Waals surface area contributed by atoms with Crippen molar-refractivity contribution in [3.63, 3.8) is 0 Å². The summed E-state index contributed by atoms with van der Waals surface area (Å²) in [5.74, 6) is -0.629. The molecule has 1 fully saturated rings. The van der Waals surface area contributed by atoms with Crippen LogP contribution in [0.5, 0.6) is 0 Å². The lowest BCUT2D eigenvalue weighted by Gasteiger charge is -2.22. The predicted octanol–water partition coefficient (Wildman–Crippen LogP) is -0.203. The van der Waals surface area contributed by atoms with Crippen LogP contribution in [-0.4, -0.2) is 33.3 Å². The average Bonchev–Trinajstić information content (AvgIpc) is 1.99. The fourth-order valence-electron chi connectivity index (χ4n) is 1.41. The van der Waals surface area contributed by atoms with Crippen LogP contribution in [0.25, 0.3) is 0 Å². The Morgan fingerprint density at radius 2 is 2.29 bits per heavy atom. The molecule has 1 unspecified atom stereocenters. The Balaban J connectivity index is 2.82. The van der Waals surface area contributed by atoms with Gasteiger partial charge in [0.05, 0.1) is 12.9 Å². The van der Waals surface area contributed by atoms with E-state index in [1.165, 1.54) is 13.2 Å². The fourth-order valence-corrected chi connectivity index (χ4v) is 2.88. The third-order valence-electron chi connectivity index (χ3n) is 1.85. The lowest BCUT2D eigenvalue weighted by Crippen LogP contribution is -2.40. The first-order chi connectivity index (χ1) is 6.43. The molecule has 0 spiro atoms. The number of esters is 1. The van der Waals surface area contributed by atoms with Gasteiger partial charge in [-0.05, 0) is 18.9 Å². The van der Waals surface area contributed by atoms with Gasteiger partial charge in [0.15, 0.2) is 0 Å². The molecule has 1 N–H and O–H groups in total. The minimum Gasteiger partial charge on any atom is -0.466 e. The molecule has 14 heavy (non-hydrogen) atoms. The van der Waals surface area contributed by atoms with Crippen LogP contribution in [0.4, 0.5) is 0 Å². The number of nitrogens with one attached hydrogen (secondary N) is 1. The average molecular weight is 219 g/mol. The topological polar surface area (TPSA) is 72.5 Å². The Hall–Kier alpha value is -0.880. The van der Waals surface area contributed by atoms with Gasteiger partial charge in [-0.15, -0.1) is 0 Å². The molecular formula is C8H13NO4S. The first-order valence-corrected chi connectivity index (χ1v) is 5.85. The SMILES string of the molecule is COC(=O)/C=C1\CC(C)NS(=O)(=O)C1. The molecule has 1 atom stereocenters. The maximum atomic E-state index is 11.2. The van der Waals surface area contributed by atoms with E-state index in [1.54, 1.807) is 6.92 Å². The normalized spacial score (nSPS) is 28.7. The number of carbonyl (C=O) groups is 1. The molecule has 1 rings (SSSR count). The Morgan fingerprint density at radius 3 is 2.79 bits per heavy atom. The molecule has 0 radical (unpaired) electrons. The van der Waals surface area contributed by atoms with Crippen LogP contribution in [0.3, 0.4) is 0 Å². The van der Waals surface area contributed by atoms with Crippen molar-refractivity contribution in [3.8, 4) is 0 Å². The summed E-state index contributed by atoms with van der Waals surface area (Å²) < 4.78 is 29.4. The molecule has 0 saturated carbocycles. The summed E-state index contributed by atoms with van der Waals surface area (Å²) in [5, 5.41) is 0. The molecule has 0 amide bonds. The molecule has 0 aromatic rings. The number of rotatable bonds is 1. The molecule has 0 aromatic heterocycles. The van der Waals surface area contributed by atoms with Gasteiger partial charge in [0.25, 0.3) is 0 Å². The molecular weight excluding hydrogens is 206 g/mol. The quantitative estimate of drug-likeness (QED) is 0.489. The highest BCUT2D eigenvalue weighted by atomic mass is 32.2. The first kappa shape index (κ1) is 11.2. The summed E-state index contributed by atoms with van der Waals surface area (Å²) in [6.45, 7) is 1.75. The summed E-state index contributed by atoms with van der Waals surface area (Å²) in [6, 6.07) is -0.162. The van der Waals surface area contributed by atoms with E-state index in [0.717, 1.165) is 0 Å². The van der Waals surface area contributed by atoms with Crippen LogP contribution >= 0.6 is 0 Å². The maximum Gasteiger partial charge on any atom is 0.330 e. The van der Waals surface area contributed by atoms with Crippen molar-refractivity contribution in [2.75, 3.05) is 12.9 Å². The van der Waals surface area contributed by atoms with Crippen LogP contribution in [-0.2, 0) is 19.6 Å². The van der Waals surface area contributed by atoms with Crippen molar-refractivity contribution >= 4 is 16.0 Å². The van der Waals surface area contributed by atoms with Gasteiger partial charge in [0.2, 0.25) is 10.0 Å². The van der Waals surface area contributed by atoms with E-state index >= 15 is 0 Å². The van der Waals surface area contributed by atoms with Gasteiger partial charge >= 0.3 is 5.97 Å². The van der Waals surface area contributed by atoms with Crippen LogP contribution < -0.4 is 4.72 Å². The zero-order valence-electron chi connectivity index (χ0n) is 8.11. The van der Waals surface area contributed by atoms with Gasteiger partial charge in [-0.1, -0.05) is 0 Å². The van der Waals surface area contributed by atoms with Crippen molar-refractivity contribution in [2.45, 2.75) is 19.4 Å². The van der Waals surface area contributed by atoms with E-state index in [4.69, 9.17) is 0 Å². The predicted molar refractivity (Wildman–Crippen MR) is 51.1 cm³/mol. The van der Waals surface area contributed by atoms with E-state index in [-0.39, 0.29) is 11.8 Å². The summed E-state index contributed by atoms with van der Waals surface area (Å²) in [7, 11) is -2.00. The second kappa shape index (κ2) is 4.10. The van der Waals surface area contributed by atoms with Crippen molar-refractivity contribution in [3.05, 3.63) is 11.6 Å². The largest absolute Gasteiger partial charge is 0.466 e. The Labute approximate surface area is 83.2 Å². The highest BCUT2D eigenvalue weighted by Crippen LogP contribution is 2.15. The number of sulfonamides is 1. The van der Waals surface area contributed by atoms with Gasteiger partial charge in [-0.2, -0.15) is 0 Å². The molecule has 1 aliphatic heterocycles. The van der Waals surface area contributed by atoms with Gasteiger partial charge in [-0.25, -0.2) is 17.9 Å². The molecule has 0 aromatic carbocycles. The van der Waals surface area contributed by atoms with Gasteiger partial charge in [0.1, 0.15) is 0 Å². The second-order valence-electron chi connectivity index (χ2n) is 3.31. The number of methoxy groups -OCH3 is 1. The van der Waals surface area contributed by atoms with Crippen LogP contribution in [0.2, 0.25) is 0 Å². The number of carbonyl (C=O) groups excluding carboxylic acids is 1. The van der Waals surface area contributed by atoms with Gasteiger partial charge in [-0.3, -0.25) is 0 Å². The lowest BCUT2D eigenvalue weighted by atomic mass is 10.1. The maximum absolute atomic E-state index is 11.2. The molecule has 0 bridgehead atoms.